The summed E-state index contributed by atoms with van der Waals surface area (Å²) in [6.45, 7) is 3.41. The predicted octanol–water partition coefficient (Wildman–Crippen LogP) is 1.92. The number of hydrogen-bond acceptors (Lipinski definition) is 5. The number of aryl methyl sites for hydroxylation is 1. The van der Waals surface area contributed by atoms with E-state index in [9.17, 15) is 8.42 Å². The Morgan fingerprint density at radius 3 is 2.71 bits per heavy atom. The monoisotopic (exact) mass is 302 g/mol. The largest absolute Gasteiger partial charge is 0.283 e. The van der Waals surface area contributed by atoms with Crippen molar-refractivity contribution in [3.63, 3.8) is 0 Å². The number of nitrogens with zero attached hydrogens (tertiary/aromatic N) is 4. The van der Waals surface area contributed by atoms with Gasteiger partial charge in [0.25, 0.3) is 0 Å². The quantitative estimate of drug-likeness (QED) is 0.691. The van der Waals surface area contributed by atoms with E-state index in [4.69, 9.17) is 0 Å². The molecule has 2 heterocycles. The van der Waals surface area contributed by atoms with Gasteiger partial charge in [0, 0.05) is 11.8 Å². The summed E-state index contributed by atoms with van der Waals surface area (Å²) in [6, 6.07) is 7.62. The fraction of sp³-hybridized carbons (Fsp3) is 0.214. The van der Waals surface area contributed by atoms with Crippen molar-refractivity contribution in [3.8, 4) is 5.82 Å². The number of hydrogen-bond donors (Lipinski definition) is 0. The van der Waals surface area contributed by atoms with E-state index in [1.165, 1.54) is 6.20 Å². The highest BCUT2D eigenvalue weighted by Crippen LogP contribution is 2.19. The molecule has 6 nitrogen and oxygen atoms in total. The Morgan fingerprint density at radius 2 is 1.95 bits per heavy atom. The summed E-state index contributed by atoms with van der Waals surface area (Å²) < 4.78 is 25.7. The summed E-state index contributed by atoms with van der Waals surface area (Å²) in [6.07, 6.45) is 3.17. The molecule has 108 valence electrons. The molecule has 0 saturated heterocycles. The lowest BCUT2D eigenvalue weighted by molar-refractivity contribution is 0.587. The SMILES string of the molecule is CCS(=O)(=O)c1ncc(C)c(-n2cnc3ccccc32)n1. The molecule has 0 bridgehead atoms. The van der Waals surface area contributed by atoms with E-state index in [-0.39, 0.29) is 10.9 Å². The van der Waals surface area contributed by atoms with E-state index in [1.54, 1.807) is 17.8 Å². The highest BCUT2D eigenvalue weighted by molar-refractivity contribution is 7.91. The van der Waals surface area contributed by atoms with Crippen molar-refractivity contribution in [1.82, 2.24) is 19.5 Å². The van der Waals surface area contributed by atoms with Gasteiger partial charge in [0.1, 0.15) is 12.1 Å². The maximum absolute atomic E-state index is 11.9. The van der Waals surface area contributed by atoms with Crippen LogP contribution in [0, 0.1) is 6.92 Å². The van der Waals surface area contributed by atoms with Gasteiger partial charge >= 0.3 is 0 Å². The average Bonchev–Trinajstić information content (AvgIpc) is 2.91. The van der Waals surface area contributed by atoms with Gasteiger partial charge in [-0.3, -0.25) is 4.57 Å². The molecule has 0 amide bonds. The molecule has 3 rings (SSSR count). The second-order valence-corrected chi connectivity index (χ2v) is 6.84. The van der Waals surface area contributed by atoms with Crippen LogP contribution in [0.1, 0.15) is 12.5 Å². The summed E-state index contributed by atoms with van der Waals surface area (Å²) in [4.78, 5) is 12.5. The van der Waals surface area contributed by atoms with Crippen LogP contribution in [0.5, 0.6) is 0 Å². The molecule has 0 aliphatic carbocycles. The summed E-state index contributed by atoms with van der Waals surface area (Å²) >= 11 is 0. The van der Waals surface area contributed by atoms with E-state index in [2.05, 4.69) is 15.0 Å². The Hall–Kier alpha value is -2.28. The van der Waals surface area contributed by atoms with Crippen LogP contribution in [-0.2, 0) is 9.84 Å². The third kappa shape index (κ3) is 2.29. The Kier molecular flexibility index (Phi) is 3.21. The van der Waals surface area contributed by atoms with Gasteiger partial charge in [-0.1, -0.05) is 19.1 Å². The number of benzene rings is 1. The Bertz CT molecular complexity index is 916. The van der Waals surface area contributed by atoms with Crippen molar-refractivity contribution < 1.29 is 8.42 Å². The summed E-state index contributed by atoms with van der Waals surface area (Å²) in [5.41, 5.74) is 2.49. The van der Waals surface area contributed by atoms with Crippen molar-refractivity contribution >= 4 is 20.9 Å². The molecule has 0 atom stereocenters. The molecule has 7 heteroatoms. The number of rotatable bonds is 3. The molecule has 0 unspecified atom stereocenters. The summed E-state index contributed by atoms with van der Waals surface area (Å²) in [5, 5.41) is -0.150. The molecule has 0 aliphatic heterocycles. The van der Waals surface area contributed by atoms with Gasteiger partial charge in [-0.25, -0.2) is 18.4 Å². The number of imidazole rings is 1. The highest BCUT2D eigenvalue weighted by Gasteiger charge is 2.18. The van der Waals surface area contributed by atoms with E-state index < -0.39 is 9.84 Å². The van der Waals surface area contributed by atoms with Crippen LogP contribution in [0.15, 0.2) is 41.9 Å². The molecule has 2 aromatic heterocycles. The van der Waals surface area contributed by atoms with Gasteiger partial charge in [0.15, 0.2) is 0 Å². The zero-order valence-corrected chi connectivity index (χ0v) is 12.5. The summed E-state index contributed by atoms with van der Waals surface area (Å²) in [7, 11) is -3.44. The second-order valence-electron chi connectivity index (χ2n) is 4.67. The molecule has 21 heavy (non-hydrogen) atoms. The lowest BCUT2D eigenvalue weighted by atomic mass is 10.3. The van der Waals surface area contributed by atoms with Crippen molar-refractivity contribution in [2.45, 2.75) is 19.0 Å². The van der Waals surface area contributed by atoms with Gasteiger partial charge < -0.3 is 0 Å². The van der Waals surface area contributed by atoms with Crippen LogP contribution in [0.2, 0.25) is 0 Å². The lowest BCUT2D eigenvalue weighted by Crippen LogP contribution is -2.12. The predicted molar refractivity (Wildman–Crippen MR) is 79.1 cm³/mol. The molecule has 3 aromatic rings. The maximum Gasteiger partial charge on any atom is 0.249 e. The molecular weight excluding hydrogens is 288 g/mol. The van der Waals surface area contributed by atoms with E-state index >= 15 is 0 Å². The minimum atomic E-state index is -3.44. The normalized spacial score (nSPS) is 11.9. The number of para-hydroxylation sites is 2. The molecular formula is C14H14N4O2S. The minimum absolute atomic E-state index is 0.0276. The maximum atomic E-state index is 11.9. The van der Waals surface area contributed by atoms with E-state index in [1.807, 2.05) is 31.2 Å². The average molecular weight is 302 g/mol. The summed E-state index contributed by atoms with van der Waals surface area (Å²) in [5.74, 6) is 0.505. The third-order valence-corrected chi connectivity index (χ3v) is 4.78. The number of sulfone groups is 1. The van der Waals surface area contributed by atoms with Crippen LogP contribution in [0.4, 0.5) is 0 Å². The topological polar surface area (TPSA) is 77.7 Å². The fourth-order valence-corrected chi connectivity index (χ4v) is 2.77. The molecule has 0 fully saturated rings. The van der Waals surface area contributed by atoms with Gasteiger partial charge in [-0.15, -0.1) is 0 Å². The lowest BCUT2D eigenvalue weighted by Gasteiger charge is -2.08. The third-order valence-electron chi connectivity index (χ3n) is 3.26. The zero-order valence-electron chi connectivity index (χ0n) is 11.7. The van der Waals surface area contributed by atoms with Gasteiger partial charge in [-0.05, 0) is 19.1 Å². The molecule has 0 N–H and O–H groups in total. The first-order valence-electron chi connectivity index (χ1n) is 6.52. The first-order chi connectivity index (χ1) is 10.0. The second kappa shape index (κ2) is 4.92. The number of fused-ring (bicyclic) bond motifs is 1. The molecule has 0 spiro atoms. The number of aromatic nitrogens is 4. The van der Waals surface area contributed by atoms with Crippen LogP contribution in [0.3, 0.4) is 0 Å². The van der Waals surface area contributed by atoms with Crippen LogP contribution in [-0.4, -0.2) is 33.7 Å². The highest BCUT2D eigenvalue weighted by atomic mass is 32.2. The van der Waals surface area contributed by atoms with Crippen LogP contribution < -0.4 is 0 Å². The Morgan fingerprint density at radius 1 is 1.19 bits per heavy atom. The van der Waals surface area contributed by atoms with Crippen LogP contribution >= 0.6 is 0 Å². The molecule has 0 saturated carbocycles. The van der Waals surface area contributed by atoms with Crippen molar-refractivity contribution in [1.29, 1.82) is 0 Å². The Balaban J connectivity index is 2.25. The standard InChI is InChI=1S/C14H14N4O2S/c1-3-21(19,20)14-15-8-10(2)13(17-14)18-9-16-11-6-4-5-7-12(11)18/h4-9H,3H2,1-2H3. The van der Waals surface area contributed by atoms with E-state index in [0.29, 0.717) is 5.82 Å². The van der Waals surface area contributed by atoms with Crippen LogP contribution in [0.25, 0.3) is 16.9 Å². The first kappa shape index (κ1) is 13.7. The van der Waals surface area contributed by atoms with Crippen molar-refractivity contribution in [2.75, 3.05) is 5.75 Å². The van der Waals surface area contributed by atoms with Gasteiger partial charge in [0.2, 0.25) is 15.0 Å². The smallest absolute Gasteiger partial charge is 0.249 e. The van der Waals surface area contributed by atoms with Crippen molar-refractivity contribution in [3.05, 3.63) is 42.4 Å². The van der Waals surface area contributed by atoms with Gasteiger partial charge in [0.05, 0.1) is 16.8 Å². The van der Waals surface area contributed by atoms with Gasteiger partial charge in [-0.2, -0.15) is 4.98 Å². The molecule has 0 aliphatic rings. The van der Waals surface area contributed by atoms with Crippen molar-refractivity contribution in [2.24, 2.45) is 0 Å². The molecule has 1 aromatic carbocycles. The first-order valence-corrected chi connectivity index (χ1v) is 8.17. The fourth-order valence-electron chi connectivity index (χ4n) is 2.07. The minimum Gasteiger partial charge on any atom is -0.283 e. The van der Waals surface area contributed by atoms with E-state index in [0.717, 1.165) is 16.6 Å². The zero-order chi connectivity index (χ0) is 15.0. The Labute approximate surface area is 122 Å². The molecule has 0 radical (unpaired) electrons.